The average molecular weight is 265 g/mol. The number of amides is 1. The average Bonchev–Trinajstić information content (AvgIpc) is 3.10. The van der Waals surface area contributed by atoms with Gasteiger partial charge in [-0.2, -0.15) is 5.26 Å². The second-order valence-electron chi connectivity index (χ2n) is 7.09. The van der Waals surface area contributed by atoms with Gasteiger partial charge in [-0.25, -0.2) is 0 Å². The van der Waals surface area contributed by atoms with Crippen LogP contribution < -0.4 is 5.32 Å². The van der Waals surface area contributed by atoms with Crippen molar-refractivity contribution in [3.8, 4) is 6.07 Å². The monoisotopic (exact) mass is 265 g/mol. The van der Waals surface area contributed by atoms with Gasteiger partial charge in [-0.1, -0.05) is 20.8 Å². The van der Waals surface area contributed by atoms with E-state index in [0.29, 0.717) is 18.5 Å². The Morgan fingerprint density at radius 1 is 1.42 bits per heavy atom. The number of nitrogens with one attached hydrogen (secondary N) is 1. The Morgan fingerprint density at radius 2 is 1.95 bits per heavy atom. The lowest BCUT2D eigenvalue weighted by molar-refractivity contribution is -0.124. The SMILES string of the molecule is C[C@H](N(C)CC(=O)N[C@](C)(C#N)C1CC1)C(C)(C)C. The Kier molecular flexibility index (Phi) is 4.63. The summed E-state index contributed by atoms with van der Waals surface area (Å²) in [7, 11) is 1.95. The molecule has 0 aliphatic heterocycles. The lowest BCUT2D eigenvalue weighted by Crippen LogP contribution is -2.51. The number of carbonyl (C=O) groups is 1. The van der Waals surface area contributed by atoms with Gasteiger partial charge in [-0.15, -0.1) is 0 Å². The smallest absolute Gasteiger partial charge is 0.235 e. The van der Waals surface area contributed by atoms with Gasteiger partial charge in [0.25, 0.3) is 0 Å². The normalized spacial score (nSPS) is 20.5. The number of hydrogen-bond acceptors (Lipinski definition) is 3. The van der Waals surface area contributed by atoms with Gasteiger partial charge in [0.05, 0.1) is 12.6 Å². The summed E-state index contributed by atoms with van der Waals surface area (Å²) in [5.74, 6) is 0.265. The van der Waals surface area contributed by atoms with Gasteiger partial charge >= 0.3 is 0 Å². The maximum atomic E-state index is 12.1. The highest BCUT2D eigenvalue weighted by Crippen LogP contribution is 2.39. The summed E-state index contributed by atoms with van der Waals surface area (Å²) in [4.78, 5) is 14.1. The molecule has 108 valence electrons. The minimum Gasteiger partial charge on any atom is -0.337 e. The first kappa shape index (κ1) is 16.0. The van der Waals surface area contributed by atoms with E-state index in [9.17, 15) is 10.1 Å². The molecule has 0 aromatic carbocycles. The maximum absolute atomic E-state index is 12.1. The van der Waals surface area contributed by atoms with Crippen LogP contribution in [0, 0.1) is 22.7 Å². The van der Waals surface area contributed by atoms with E-state index in [1.54, 1.807) is 0 Å². The van der Waals surface area contributed by atoms with E-state index in [4.69, 9.17) is 0 Å². The van der Waals surface area contributed by atoms with Crippen LogP contribution in [0.3, 0.4) is 0 Å². The molecule has 19 heavy (non-hydrogen) atoms. The van der Waals surface area contributed by atoms with Crippen molar-refractivity contribution in [3.05, 3.63) is 0 Å². The molecule has 1 aliphatic carbocycles. The molecule has 0 unspecified atom stereocenters. The zero-order valence-corrected chi connectivity index (χ0v) is 13.1. The maximum Gasteiger partial charge on any atom is 0.235 e. The van der Waals surface area contributed by atoms with Crippen LogP contribution in [-0.2, 0) is 4.79 Å². The van der Waals surface area contributed by atoms with Crippen molar-refractivity contribution in [1.29, 1.82) is 5.26 Å². The van der Waals surface area contributed by atoms with Gasteiger partial charge in [0.2, 0.25) is 5.91 Å². The van der Waals surface area contributed by atoms with E-state index in [0.717, 1.165) is 12.8 Å². The quantitative estimate of drug-likeness (QED) is 0.828. The van der Waals surface area contributed by atoms with Crippen LogP contribution in [0.5, 0.6) is 0 Å². The van der Waals surface area contributed by atoms with Crippen LogP contribution in [0.2, 0.25) is 0 Å². The molecule has 0 aromatic rings. The van der Waals surface area contributed by atoms with Crippen LogP contribution in [0.4, 0.5) is 0 Å². The molecular weight excluding hydrogens is 238 g/mol. The molecule has 1 amide bonds. The first-order valence-corrected chi connectivity index (χ1v) is 7.02. The molecule has 2 atom stereocenters. The highest BCUT2D eigenvalue weighted by Gasteiger charge is 2.43. The van der Waals surface area contributed by atoms with E-state index in [1.165, 1.54) is 0 Å². The molecule has 1 saturated carbocycles. The predicted octanol–water partition coefficient (Wildman–Crippen LogP) is 2.16. The largest absolute Gasteiger partial charge is 0.337 e. The summed E-state index contributed by atoms with van der Waals surface area (Å²) in [5, 5.41) is 12.1. The Bertz CT molecular complexity index is 376. The molecule has 4 nitrogen and oxygen atoms in total. The molecule has 1 aliphatic rings. The van der Waals surface area contributed by atoms with Crippen LogP contribution in [0.15, 0.2) is 0 Å². The fourth-order valence-corrected chi connectivity index (χ4v) is 2.24. The van der Waals surface area contributed by atoms with E-state index in [1.807, 2.05) is 18.9 Å². The van der Waals surface area contributed by atoms with Crippen LogP contribution in [-0.4, -0.2) is 36.0 Å². The minimum atomic E-state index is -0.692. The number of carbonyl (C=O) groups excluding carboxylic acids is 1. The molecular formula is C15H27N3O. The van der Waals surface area contributed by atoms with Crippen molar-refractivity contribution in [2.24, 2.45) is 11.3 Å². The van der Waals surface area contributed by atoms with Crippen LogP contribution in [0.25, 0.3) is 0 Å². The molecule has 0 bridgehead atoms. The second kappa shape index (κ2) is 5.50. The lowest BCUT2D eigenvalue weighted by Gasteiger charge is -2.35. The Morgan fingerprint density at radius 3 is 2.32 bits per heavy atom. The number of rotatable bonds is 5. The molecule has 0 spiro atoms. The number of nitrogens with zero attached hydrogens (tertiary/aromatic N) is 2. The summed E-state index contributed by atoms with van der Waals surface area (Å²) >= 11 is 0. The third-order valence-corrected chi connectivity index (χ3v) is 4.33. The number of nitriles is 1. The fourth-order valence-electron chi connectivity index (χ4n) is 2.24. The van der Waals surface area contributed by atoms with E-state index < -0.39 is 5.54 Å². The van der Waals surface area contributed by atoms with Crippen LogP contribution in [0.1, 0.15) is 47.5 Å². The summed E-state index contributed by atoms with van der Waals surface area (Å²) < 4.78 is 0. The van der Waals surface area contributed by atoms with Gasteiger partial charge in [0.15, 0.2) is 0 Å². The molecule has 4 heteroatoms. The van der Waals surface area contributed by atoms with E-state index in [2.05, 4.69) is 39.1 Å². The van der Waals surface area contributed by atoms with Crippen LogP contribution >= 0.6 is 0 Å². The zero-order chi connectivity index (χ0) is 14.8. The summed E-state index contributed by atoms with van der Waals surface area (Å²) in [6.07, 6.45) is 2.08. The lowest BCUT2D eigenvalue weighted by atomic mass is 9.87. The third kappa shape index (κ3) is 4.21. The van der Waals surface area contributed by atoms with E-state index >= 15 is 0 Å². The molecule has 0 aromatic heterocycles. The summed E-state index contributed by atoms with van der Waals surface area (Å²) in [6.45, 7) is 10.8. The fraction of sp³-hybridized carbons (Fsp3) is 0.867. The molecule has 0 radical (unpaired) electrons. The Balaban J connectivity index is 2.54. The topological polar surface area (TPSA) is 56.1 Å². The zero-order valence-electron chi connectivity index (χ0n) is 13.1. The first-order chi connectivity index (χ1) is 8.60. The van der Waals surface area contributed by atoms with Crippen molar-refractivity contribution in [2.75, 3.05) is 13.6 Å². The summed E-state index contributed by atoms with van der Waals surface area (Å²) in [5.41, 5.74) is -0.563. The van der Waals surface area contributed by atoms with Crippen molar-refractivity contribution in [1.82, 2.24) is 10.2 Å². The Hall–Kier alpha value is -1.08. The summed E-state index contributed by atoms with van der Waals surface area (Å²) in [6, 6.07) is 2.55. The molecule has 0 saturated heterocycles. The number of hydrogen-bond donors (Lipinski definition) is 1. The van der Waals surface area contributed by atoms with Gasteiger partial charge < -0.3 is 5.32 Å². The van der Waals surface area contributed by atoms with Crippen molar-refractivity contribution >= 4 is 5.91 Å². The molecule has 0 heterocycles. The molecule has 1 fully saturated rings. The van der Waals surface area contributed by atoms with Crippen molar-refractivity contribution < 1.29 is 4.79 Å². The molecule has 1 rings (SSSR count). The van der Waals surface area contributed by atoms with Gasteiger partial charge in [-0.05, 0) is 45.1 Å². The van der Waals surface area contributed by atoms with E-state index in [-0.39, 0.29) is 11.3 Å². The standard InChI is InChI=1S/C15H27N3O/c1-11(14(2,3)4)18(6)9-13(19)17-15(5,10-16)12-7-8-12/h11-12H,7-9H2,1-6H3,(H,17,19)/t11-,15+/m0/s1. The predicted molar refractivity (Wildman–Crippen MR) is 76.4 cm³/mol. The number of likely N-dealkylation sites (N-methyl/N-ethyl adjacent to an activating group) is 1. The van der Waals surface area contributed by atoms with Crippen molar-refractivity contribution in [2.45, 2.75) is 59.0 Å². The van der Waals surface area contributed by atoms with Gasteiger partial charge in [0, 0.05) is 6.04 Å². The van der Waals surface area contributed by atoms with Crippen molar-refractivity contribution in [3.63, 3.8) is 0 Å². The molecule has 1 N–H and O–H groups in total. The third-order valence-electron chi connectivity index (χ3n) is 4.33. The first-order valence-electron chi connectivity index (χ1n) is 7.02. The highest BCUT2D eigenvalue weighted by atomic mass is 16.2. The second-order valence-corrected chi connectivity index (χ2v) is 7.09. The Labute approximate surface area is 117 Å². The van der Waals surface area contributed by atoms with Gasteiger partial charge in [0.1, 0.15) is 5.54 Å². The van der Waals surface area contributed by atoms with Gasteiger partial charge in [-0.3, -0.25) is 9.69 Å². The highest BCUT2D eigenvalue weighted by molar-refractivity contribution is 5.79. The minimum absolute atomic E-state index is 0.0606.